The van der Waals surface area contributed by atoms with Crippen molar-refractivity contribution in [3.8, 4) is 17.4 Å². The van der Waals surface area contributed by atoms with Crippen LogP contribution in [0, 0.1) is 6.92 Å². The summed E-state index contributed by atoms with van der Waals surface area (Å²) in [5.74, 6) is 1.67. The molecule has 172 valence electrons. The molecule has 0 radical (unpaired) electrons. The second-order valence-electron chi connectivity index (χ2n) is 7.93. The summed E-state index contributed by atoms with van der Waals surface area (Å²) in [6.07, 6.45) is 3.49. The Morgan fingerprint density at radius 3 is 2.11 bits per heavy atom. The van der Waals surface area contributed by atoms with Crippen molar-refractivity contribution >= 4 is 11.6 Å². The van der Waals surface area contributed by atoms with Crippen LogP contribution in [0.25, 0.3) is 5.82 Å². The molecule has 5 rings (SSSR count). The molecule has 1 N–H and O–H groups in total. The molecule has 0 saturated heterocycles. The predicted molar refractivity (Wildman–Crippen MR) is 134 cm³/mol. The average Bonchev–Trinajstić information content (AvgIpc) is 3.42. The maximum atomic E-state index is 13.3. The van der Waals surface area contributed by atoms with Crippen LogP contribution in [0.5, 0.6) is 11.6 Å². The zero-order valence-corrected chi connectivity index (χ0v) is 19.1. The van der Waals surface area contributed by atoms with Crippen LogP contribution in [0.15, 0.2) is 109 Å². The van der Waals surface area contributed by atoms with Gasteiger partial charge in [-0.15, -0.1) is 0 Å². The van der Waals surface area contributed by atoms with Gasteiger partial charge in [0.05, 0.1) is 5.92 Å². The van der Waals surface area contributed by atoms with E-state index < -0.39 is 5.92 Å². The van der Waals surface area contributed by atoms with Gasteiger partial charge in [0.25, 0.3) is 0 Å². The van der Waals surface area contributed by atoms with Crippen LogP contribution in [0.2, 0.25) is 0 Å². The third-order valence-electron chi connectivity index (χ3n) is 5.41. The SMILES string of the molecule is Cc1nc(Oc2ccc(NC(=O)C(c3ccccc3)c3ccccc3)cc2)cc(-n2cccn2)n1. The van der Waals surface area contributed by atoms with Gasteiger partial charge in [0.15, 0.2) is 5.82 Å². The zero-order chi connectivity index (χ0) is 24.0. The van der Waals surface area contributed by atoms with Crippen molar-refractivity contribution in [2.24, 2.45) is 0 Å². The van der Waals surface area contributed by atoms with Gasteiger partial charge in [0.2, 0.25) is 11.8 Å². The fraction of sp³-hybridized carbons (Fsp3) is 0.0714. The standard InChI is InChI=1S/C28H23N5O2/c1-20-30-25(33-18-8-17-29-33)19-26(31-20)35-24-15-13-23(14-16-24)32-28(34)27(21-9-4-2-5-10-21)22-11-6-3-7-12-22/h2-19,27H,1H3,(H,32,34). The van der Waals surface area contributed by atoms with Crippen molar-refractivity contribution in [1.29, 1.82) is 0 Å². The lowest BCUT2D eigenvalue weighted by molar-refractivity contribution is -0.116. The van der Waals surface area contributed by atoms with Crippen LogP contribution in [0.4, 0.5) is 5.69 Å². The topological polar surface area (TPSA) is 81.9 Å². The molecule has 7 heteroatoms. The molecule has 0 unspecified atom stereocenters. The molecular weight excluding hydrogens is 438 g/mol. The number of rotatable bonds is 7. The van der Waals surface area contributed by atoms with Gasteiger partial charge in [-0.2, -0.15) is 10.1 Å². The van der Waals surface area contributed by atoms with Crippen LogP contribution in [-0.2, 0) is 4.79 Å². The highest BCUT2D eigenvalue weighted by Gasteiger charge is 2.22. The minimum absolute atomic E-state index is 0.105. The summed E-state index contributed by atoms with van der Waals surface area (Å²) in [4.78, 5) is 22.1. The average molecular weight is 462 g/mol. The second kappa shape index (κ2) is 10.0. The van der Waals surface area contributed by atoms with Crippen LogP contribution in [0.1, 0.15) is 22.9 Å². The van der Waals surface area contributed by atoms with Gasteiger partial charge in [-0.05, 0) is 48.4 Å². The summed E-state index contributed by atoms with van der Waals surface area (Å²) in [6, 6.07) is 30.3. The van der Waals surface area contributed by atoms with Gasteiger partial charge in [-0.3, -0.25) is 4.79 Å². The predicted octanol–water partition coefficient (Wildman–Crippen LogP) is 5.53. The van der Waals surface area contributed by atoms with E-state index in [2.05, 4.69) is 20.4 Å². The molecule has 0 atom stereocenters. The van der Waals surface area contributed by atoms with Crippen molar-refractivity contribution in [3.63, 3.8) is 0 Å². The Balaban J connectivity index is 1.32. The molecule has 2 heterocycles. The quantitative estimate of drug-likeness (QED) is 0.344. The maximum Gasteiger partial charge on any atom is 0.236 e. The summed E-state index contributed by atoms with van der Waals surface area (Å²) in [7, 11) is 0. The highest BCUT2D eigenvalue weighted by atomic mass is 16.5. The molecule has 3 aromatic carbocycles. The summed E-state index contributed by atoms with van der Waals surface area (Å²) < 4.78 is 7.59. The van der Waals surface area contributed by atoms with Gasteiger partial charge in [-0.25, -0.2) is 9.67 Å². The van der Waals surface area contributed by atoms with E-state index in [4.69, 9.17) is 4.74 Å². The van der Waals surface area contributed by atoms with Crippen LogP contribution < -0.4 is 10.1 Å². The summed E-state index contributed by atoms with van der Waals surface area (Å²) >= 11 is 0. The summed E-state index contributed by atoms with van der Waals surface area (Å²) in [5.41, 5.74) is 2.54. The van der Waals surface area contributed by atoms with E-state index in [0.29, 0.717) is 29.0 Å². The number of hydrogen-bond acceptors (Lipinski definition) is 5. The number of carbonyl (C=O) groups excluding carboxylic acids is 1. The lowest BCUT2D eigenvalue weighted by Crippen LogP contribution is -2.22. The molecule has 5 aromatic rings. The first kappa shape index (κ1) is 22.0. The Morgan fingerprint density at radius 2 is 1.51 bits per heavy atom. The monoisotopic (exact) mass is 461 g/mol. The molecular formula is C28H23N5O2. The van der Waals surface area contributed by atoms with Gasteiger partial charge >= 0.3 is 0 Å². The number of anilines is 1. The number of aromatic nitrogens is 4. The van der Waals surface area contributed by atoms with Crippen molar-refractivity contribution in [1.82, 2.24) is 19.7 Å². The molecule has 0 aliphatic heterocycles. The number of hydrogen-bond donors (Lipinski definition) is 1. The number of amides is 1. The molecule has 0 spiro atoms. The molecule has 0 aliphatic rings. The lowest BCUT2D eigenvalue weighted by atomic mass is 9.90. The number of carbonyl (C=O) groups is 1. The Morgan fingerprint density at radius 1 is 0.857 bits per heavy atom. The number of benzene rings is 3. The van der Waals surface area contributed by atoms with E-state index in [-0.39, 0.29) is 5.91 Å². The third kappa shape index (κ3) is 5.25. The minimum atomic E-state index is -0.418. The molecule has 1 amide bonds. The van der Waals surface area contributed by atoms with E-state index >= 15 is 0 Å². The minimum Gasteiger partial charge on any atom is -0.439 e. The zero-order valence-electron chi connectivity index (χ0n) is 19.1. The Kier molecular flexibility index (Phi) is 6.30. The number of ether oxygens (including phenoxy) is 1. The second-order valence-corrected chi connectivity index (χ2v) is 7.93. The summed E-state index contributed by atoms with van der Waals surface area (Å²) in [5, 5.41) is 7.24. The Hall–Kier alpha value is -4.78. The van der Waals surface area contributed by atoms with Crippen molar-refractivity contribution < 1.29 is 9.53 Å². The Bertz CT molecular complexity index is 1360. The number of nitrogens with zero attached hydrogens (tertiary/aromatic N) is 4. The third-order valence-corrected chi connectivity index (χ3v) is 5.41. The fourth-order valence-electron chi connectivity index (χ4n) is 3.83. The highest BCUT2D eigenvalue weighted by molar-refractivity contribution is 5.98. The van der Waals surface area contributed by atoms with Gasteiger partial charge in [-0.1, -0.05) is 60.7 Å². The lowest BCUT2D eigenvalue weighted by Gasteiger charge is -2.18. The van der Waals surface area contributed by atoms with Crippen LogP contribution >= 0.6 is 0 Å². The van der Waals surface area contributed by atoms with Crippen molar-refractivity contribution in [2.75, 3.05) is 5.32 Å². The number of aryl methyl sites for hydroxylation is 1. The first-order valence-electron chi connectivity index (χ1n) is 11.2. The van der Waals surface area contributed by atoms with Crippen LogP contribution in [0.3, 0.4) is 0 Å². The van der Waals surface area contributed by atoms with Gasteiger partial charge in [0, 0.05) is 24.1 Å². The maximum absolute atomic E-state index is 13.3. The largest absolute Gasteiger partial charge is 0.439 e. The molecule has 35 heavy (non-hydrogen) atoms. The molecule has 0 aliphatic carbocycles. The normalized spacial score (nSPS) is 10.8. The summed E-state index contributed by atoms with van der Waals surface area (Å²) in [6.45, 7) is 1.80. The van der Waals surface area contributed by atoms with E-state index in [1.165, 1.54) is 0 Å². The van der Waals surface area contributed by atoms with Gasteiger partial charge < -0.3 is 10.1 Å². The first-order chi connectivity index (χ1) is 17.2. The molecule has 0 fully saturated rings. The van der Waals surface area contributed by atoms with Crippen molar-refractivity contribution in [2.45, 2.75) is 12.8 Å². The Labute approximate surface area is 203 Å². The van der Waals surface area contributed by atoms with E-state index in [1.54, 1.807) is 42.2 Å². The van der Waals surface area contributed by atoms with Crippen LogP contribution in [-0.4, -0.2) is 25.7 Å². The van der Waals surface area contributed by atoms with Gasteiger partial charge in [0.1, 0.15) is 11.6 Å². The van der Waals surface area contributed by atoms with E-state index in [9.17, 15) is 4.79 Å². The fourth-order valence-corrected chi connectivity index (χ4v) is 3.83. The highest BCUT2D eigenvalue weighted by Crippen LogP contribution is 2.27. The molecule has 7 nitrogen and oxygen atoms in total. The molecule has 0 bridgehead atoms. The van der Waals surface area contributed by atoms with E-state index in [1.807, 2.05) is 78.9 Å². The smallest absolute Gasteiger partial charge is 0.236 e. The number of nitrogens with one attached hydrogen (secondary N) is 1. The molecule has 2 aromatic heterocycles. The van der Waals surface area contributed by atoms with E-state index in [0.717, 1.165) is 11.1 Å². The molecule has 0 saturated carbocycles. The first-order valence-corrected chi connectivity index (χ1v) is 11.2. The van der Waals surface area contributed by atoms with Crippen molar-refractivity contribution in [3.05, 3.63) is 126 Å².